The maximum atomic E-state index is 11.0. The van der Waals surface area contributed by atoms with Gasteiger partial charge in [-0.2, -0.15) is 5.10 Å². The normalized spacial score (nSPS) is 25.2. The van der Waals surface area contributed by atoms with Crippen LogP contribution in [0.15, 0.2) is 23.3 Å². The quantitative estimate of drug-likeness (QED) is 0.673. The number of hydrogen-bond donors (Lipinski definition) is 1. The van der Waals surface area contributed by atoms with Gasteiger partial charge in [-0.15, -0.1) is 0 Å². The molecule has 22 heavy (non-hydrogen) atoms. The van der Waals surface area contributed by atoms with Crippen molar-refractivity contribution in [2.45, 2.75) is 12.8 Å². The van der Waals surface area contributed by atoms with Gasteiger partial charge in [-0.3, -0.25) is 25.7 Å². The molecule has 3 rings (SSSR count). The summed E-state index contributed by atoms with van der Waals surface area (Å²) in [6.07, 6.45) is 1.72. The Morgan fingerprint density at radius 1 is 1.27 bits per heavy atom. The van der Waals surface area contributed by atoms with Gasteiger partial charge in [0.25, 0.3) is 5.69 Å². The van der Waals surface area contributed by atoms with Crippen LogP contribution in [0.4, 0.5) is 17.1 Å². The maximum absolute atomic E-state index is 11.0. The van der Waals surface area contributed by atoms with Crippen molar-refractivity contribution in [1.82, 2.24) is 0 Å². The van der Waals surface area contributed by atoms with Crippen molar-refractivity contribution in [1.29, 1.82) is 0 Å². The molecule has 1 aromatic rings. The number of fused-ring (bicyclic) bond motifs is 1. The largest absolute Gasteiger partial charge is 0.381 e. The maximum Gasteiger partial charge on any atom is 0.301 e. The standard InChI is InChI=1S/C13H14N4O5/c18-16(19)9-1-2-12(13(6-9)17(20)21)15-14-11-3-4-22-7-8-5-10(8)11/h1-2,6,8,10,15H,3-5,7H2/b14-11+/t8-,10-/m0/s1. The van der Waals surface area contributed by atoms with Crippen LogP contribution in [0.5, 0.6) is 0 Å². The first-order chi connectivity index (χ1) is 10.6. The first kappa shape index (κ1) is 14.4. The fourth-order valence-corrected chi connectivity index (χ4v) is 2.59. The Bertz CT molecular complexity index is 660. The smallest absolute Gasteiger partial charge is 0.301 e. The van der Waals surface area contributed by atoms with Crippen molar-refractivity contribution in [3.8, 4) is 0 Å². The Balaban J connectivity index is 1.82. The van der Waals surface area contributed by atoms with E-state index in [2.05, 4.69) is 10.5 Å². The van der Waals surface area contributed by atoms with Crippen molar-refractivity contribution >= 4 is 22.8 Å². The van der Waals surface area contributed by atoms with E-state index < -0.39 is 9.85 Å². The van der Waals surface area contributed by atoms with Crippen LogP contribution in [-0.2, 0) is 4.74 Å². The van der Waals surface area contributed by atoms with E-state index in [0.717, 1.165) is 24.8 Å². The fraction of sp³-hybridized carbons (Fsp3) is 0.462. The van der Waals surface area contributed by atoms with E-state index in [1.54, 1.807) is 0 Å². The van der Waals surface area contributed by atoms with Gasteiger partial charge in [0.2, 0.25) is 0 Å². The van der Waals surface area contributed by atoms with Gasteiger partial charge < -0.3 is 4.74 Å². The lowest BCUT2D eigenvalue weighted by Gasteiger charge is -2.05. The molecule has 2 fully saturated rings. The van der Waals surface area contributed by atoms with E-state index in [9.17, 15) is 20.2 Å². The van der Waals surface area contributed by atoms with Crippen LogP contribution < -0.4 is 5.43 Å². The number of hydrazone groups is 1. The van der Waals surface area contributed by atoms with Crippen molar-refractivity contribution in [2.24, 2.45) is 16.9 Å². The third-order valence-corrected chi connectivity index (χ3v) is 3.89. The molecular weight excluding hydrogens is 292 g/mol. The molecule has 0 bridgehead atoms. The summed E-state index contributed by atoms with van der Waals surface area (Å²) in [4.78, 5) is 20.4. The SMILES string of the molecule is O=[N+]([O-])c1ccc(N/N=C2\CCOC[C@@H]3C[C@H]23)c([N+](=O)[O-])c1. The van der Waals surface area contributed by atoms with Gasteiger partial charge in [-0.05, 0) is 18.4 Å². The second kappa shape index (κ2) is 5.68. The van der Waals surface area contributed by atoms with Gasteiger partial charge in [-0.1, -0.05) is 0 Å². The zero-order chi connectivity index (χ0) is 15.7. The topological polar surface area (TPSA) is 120 Å². The lowest BCUT2D eigenvalue weighted by atomic mass is 10.2. The molecule has 0 unspecified atom stereocenters. The van der Waals surface area contributed by atoms with E-state index in [4.69, 9.17) is 4.74 Å². The molecule has 1 heterocycles. The number of anilines is 1. The summed E-state index contributed by atoms with van der Waals surface area (Å²) in [5.41, 5.74) is 3.08. The molecule has 0 radical (unpaired) electrons. The second-order valence-corrected chi connectivity index (χ2v) is 5.36. The summed E-state index contributed by atoms with van der Waals surface area (Å²) in [5.74, 6) is 0.877. The minimum atomic E-state index is -0.667. The molecule has 0 spiro atoms. The average molecular weight is 306 g/mol. The predicted molar refractivity (Wildman–Crippen MR) is 77.8 cm³/mol. The molecule has 0 amide bonds. The number of rotatable bonds is 4. The number of nitrogens with zero attached hydrogens (tertiary/aromatic N) is 3. The molecule has 2 aliphatic rings. The number of nitro benzene ring substituents is 2. The number of ether oxygens (including phenoxy) is 1. The highest BCUT2D eigenvalue weighted by molar-refractivity contribution is 5.90. The summed E-state index contributed by atoms with van der Waals surface area (Å²) in [5, 5.41) is 26.0. The van der Waals surface area contributed by atoms with Crippen molar-refractivity contribution < 1.29 is 14.6 Å². The van der Waals surface area contributed by atoms with E-state index in [1.165, 1.54) is 12.1 Å². The lowest BCUT2D eigenvalue weighted by Crippen LogP contribution is -2.07. The van der Waals surface area contributed by atoms with Crippen LogP contribution in [0.2, 0.25) is 0 Å². The van der Waals surface area contributed by atoms with Gasteiger partial charge >= 0.3 is 5.69 Å². The van der Waals surface area contributed by atoms with Gasteiger partial charge in [0, 0.05) is 24.1 Å². The molecule has 1 N–H and O–H groups in total. The molecule has 1 aliphatic heterocycles. The highest BCUT2D eigenvalue weighted by Crippen LogP contribution is 2.42. The first-order valence-corrected chi connectivity index (χ1v) is 6.89. The summed E-state index contributed by atoms with van der Waals surface area (Å²) in [6.45, 7) is 1.33. The molecule has 1 saturated heterocycles. The molecule has 9 nitrogen and oxygen atoms in total. The monoisotopic (exact) mass is 306 g/mol. The zero-order valence-electron chi connectivity index (χ0n) is 11.6. The summed E-state index contributed by atoms with van der Waals surface area (Å²) < 4.78 is 5.44. The Morgan fingerprint density at radius 3 is 2.82 bits per heavy atom. The van der Waals surface area contributed by atoms with E-state index in [-0.39, 0.29) is 17.1 Å². The van der Waals surface area contributed by atoms with Crippen LogP contribution in [0.3, 0.4) is 0 Å². The number of benzene rings is 1. The number of nitrogens with one attached hydrogen (secondary N) is 1. The zero-order valence-corrected chi connectivity index (χ0v) is 11.6. The second-order valence-electron chi connectivity index (χ2n) is 5.36. The van der Waals surface area contributed by atoms with E-state index in [0.29, 0.717) is 24.9 Å². The van der Waals surface area contributed by atoms with Crippen molar-refractivity contribution in [3.05, 3.63) is 38.4 Å². The summed E-state index contributed by atoms with van der Waals surface area (Å²) in [6, 6.07) is 3.45. The molecular formula is C13H14N4O5. The third-order valence-electron chi connectivity index (χ3n) is 3.89. The molecule has 1 saturated carbocycles. The van der Waals surface area contributed by atoms with Gasteiger partial charge in [0.05, 0.1) is 29.1 Å². The number of hydrogen-bond acceptors (Lipinski definition) is 7. The molecule has 1 aliphatic carbocycles. The number of non-ortho nitro benzene ring substituents is 1. The molecule has 116 valence electrons. The molecule has 2 atom stereocenters. The minimum absolute atomic E-state index is 0.144. The number of nitro groups is 2. The lowest BCUT2D eigenvalue weighted by molar-refractivity contribution is -0.393. The Morgan fingerprint density at radius 2 is 2.09 bits per heavy atom. The average Bonchev–Trinajstić information content (AvgIpc) is 3.25. The van der Waals surface area contributed by atoms with E-state index >= 15 is 0 Å². The van der Waals surface area contributed by atoms with E-state index in [1.807, 2.05) is 0 Å². The third kappa shape index (κ3) is 2.89. The Kier molecular flexibility index (Phi) is 3.72. The first-order valence-electron chi connectivity index (χ1n) is 6.89. The van der Waals surface area contributed by atoms with Crippen LogP contribution in [0.25, 0.3) is 0 Å². The van der Waals surface area contributed by atoms with Crippen molar-refractivity contribution in [2.75, 3.05) is 18.6 Å². The van der Waals surface area contributed by atoms with Gasteiger partial charge in [-0.25, -0.2) is 0 Å². The van der Waals surface area contributed by atoms with Gasteiger partial charge in [0.15, 0.2) is 0 Å². The molecule has 1 aromatic carbocycles. The highest BCUT2D eigenvalue weighted by Gasteiger charge is 2.42. The Labute approximate surface area is 125 Å². The Hall–Kier alpha value is -2.55. The predicted octanol–water partition coefficient (Wildman–Crippen LogP) is 2.33. The van der Waals surface area contributed by atoms with Crippen molar-refractivity contribution in [3.63, 3.8) is 0 Å². The van der Waals surface area contributed by atoms with Gasteiger partial charge in [0.1, 0.15) is 5.69 Å². The van der Waals surface area contributed by atoms with Crippen LogP contribution >= 0.6 is 0 Å². The highest BCUT2D eigenvalue weighted by atomic mass is 16.6. The fourth-order valence-electron chi connectivity index (χ4n) is 2.59. The van der Waals surface area contributed by atoms with Crippen LogP contribution in [0.1, 0.15) is 12.8 Å². The summed E-state index contributed by atoms with van der Waals surface area (Å²) >= 11 is 0. The van der Waals surface area contributed by atoms with Crippen LogP contribution in [0, 0.1) is 32.1 Å². The minimum Gasteiger partial charge on any atom is -0.381 e. The summed E-state index contributed by atoms with van der Waals surface area (Å²) in [7, 11) is 0. The molecule has 0 aromatic heterocycles. The molecule has 9 heteroatoms. The van der Waals surface area contributed by atoms with Crippen LogP contribution in [-0.4, -0.2) is 28.8 Å².